The van der Waals surface area contributed by atoms with Crippen LogP contribution in [0.3, 0.4) is 0 Å². The van der Waals surface area contributed by atoms with Crippen molar-refractivity contribution in [2.45, 2.75) is 44.6 Å². The second kappa shape index (κ2) is 7.95. The van der Waals surface area contributed by atoms with Gasteiger partial charge in [-0.1, -0.05) is 0 Å². The van der Waals surface area contributed by atoms with Crippen LogP contribution in [-0.2, 0) is 4.79 Å². The summed E-state index contributed by atoms with van der Waals surface area (Å²) in [6.07, 6.45) is 8.59. The Kier molecular flexibility index (Phi) is 5.20. The van der Waals surface area contributed by atoms with Crippen molar-refractivity contribution in [1.82, 2.24) is 19.8 Å². The third kappa shape index (κ3) is 3.50. The molecule has 2 aromatic heterocycles. The zero-order valence-corrected chi connectivity index (χ0v) is 17.2. The minimum atomic E-state index is 0.220. The molecule has 3 saturated heterocycles. The first kappa shape index (κ1) is 18.3. The standard InChI is InChI=1S/C21H29N5OS/c27-21(25-8-1-2-9-25)16-4-3-10-26(14-16)17-5-11-24(12-6-17)20-19-18(7-13-28-19)22-15-23-20/h7,13,15-17H,1-6,8-12,14H2. The molecule has 0 aromatic carbocycles. The van der Waals surface area contributed by atoms with Gasteiger partial charge in [-0.2, -0.15) is 0 Å². The molecule has 1 atom stereocenters. The largest absolute Gasteiger partial charge is 0.355 e. The van der Waals surface area contributed by atoms with Crippen molar-refractivity contribution in [1.29, 1.82) is 0 Å². The lowest BCUT2D eigenvalue weighted by Gasteiger charge is -2.42. The van der Waals surface area contributed by atoms with Crippen molar-refractivity contribution in [2.24, 2.45) is 5.92 Å². The summed E-state index contributed by atoms with van der Waals surface area (Å²) in [4.78, 5) is 28.9. The summed E-state index contributed by atoms with van der Waals surface area (Å²) in [5, 5.41) is 2.10. The normalized spacial score (nSPS) is 24.9. The molecule has 0 saturated carbocycles. The number of rotatable bonds is 3. The molecule has 0 radical (unpaired) electrons. The first-order chi connectivity index (χ1) is 13.8. The van der Waals surface area contributed by atoms with E-state index in [-0.39, 0.29) is 5.92 Å². The molecule has 150 valence electrons. The number of fused-ring (bicyclic) bond motifs is 1. The first-order valence-electron chi connectivity index (χ1n) is 10.8. The molecule has 3 aliphatic rings. The number of carbonyl (C=O) groups is 1. The number of hydrogen-bond acceptors (Lipinski definition) is 6. The van der Waals surface area contributed by atoms with Crippen LogP contribution in [0.4, 0.5) is 5.82 Å². The van der Waals surface area contributed by atoms with Gasteiger partial charge in [-0.05, 0) is 56.5 Å². The summed E-state index contributed by atoms with van der Waals surface area (Å²) < 4.78 is 1.20. The SMILES string of the molecule is O=C(C1CCCN(C2CCN(c3ncnc4ccsc34)CC2)C1)N1CCCC1. The first-order valence-corrected chi connectivity index (χ1v) is 11.6. The molecule has 0 aliphatic carbocycles. The van der Waals surface area contributed by atoms with Gasteiger partial charge in [0.05, 0.1) is 16.1 Å². The second-order valence-electron chi connectivity index (χ2n) is 8.42. The molecule has 5 rings (SSSR count). The van der Waals surface area contributed by atoms with Crippen LogP contribution in [0.15, 0.2) is 17.8 Å². The van der Waals surface area contributed by atoms with Gasteiger partial charge >= 0.3 is 0 Å². The van der Waals surface area contributed by atoms with Crippen molar-refractivity contribution in [3.05, 3.63) is 17.8 Å². The van der Waals surface area contributed by atoms with E-state index in [1.807, 2.05) is 0 Å². The van der Waals surface area contributed by atoms with E-state index in [1.165, 1.54) is 17.5 Å². The quantitative estimate of drug-likeness (QED) is 0.794. The third-order valence-electron chi connectivity index (χ3n) is 6.72. The monoisotopic (exact) mass is 399 g/mol. The highest BCUT2D eigenvalue weighted by Crippen LogP contribution is 2.31. The number of nitrogens with zero attached hydrogens (tertiary/aromatic N) is 5. The lowest BCUT2D eigenvalue weighted by atomic mass is 9.93. The zero-order chi connectivity index (χ0) is 18.9. The maximum atomic E-state index is 12.8. The summed E-state index contributed by atoms with van der Waals surface area (Å²) in [5.41, 5.74) is 1.05. The van der Waals surface area contributed by atoms with Gasteiger partial charge in [0.1, 0.15) is 12.1 Å². The van der Waals surface area contributed by atoms with E-state index in [0.29, 0.717) is 11.9 Å². The molecular weight excluding hydrogens is 370 g/mol. The van der Waals surface area contributed by atoms with E-state index >= 15 is 0 Å². The van der Waals surface area contributed by atoms with Crippen LogP contribution in [0.25, 0.3) is 10.2 Å². The van der Waals surface area contributed by atoms with Crippen molar-refractivity contribution in [2.75, 3.05) is 44.2 Å². The molecule has 0 bridgehead atoms. The minimum absolute atomic E-state index is 0.220. The number of carbonyl (C=O) groups excluding carboxylic acids is 1. The molecule has 3 aliphatic heterocycles. The Morgan fingerprint density at radius 2 is 1.82 bits per heavy atom. The molecule has 3 fully saturated rings. The van der Waals surface area contributed by atoms with Crippen LogP contribution in [0.1, 0.15) is 38.5 Å². The van der Waals surface area contributed by atoms with Crippen LogP contribution < -0.4 is 4.90 Å². The van der Waals surface area contributed by atoms with Gasteiger partial charge in [0.25, 0.3) is 0 Å². The summed E-state index contributed by atoms with van der Waals surface area (Å²) >= 11 is 1.73. The molecule has 1 unspecified atom stereocenters. The zero-order valence-electron chi connectivity index (χ0n) is 16.4. The van der Waals surface area contributed by atoms with Gasteiger partial charge in [0, 0.05) is 38.8 Å². The Bertz CT molecular complexity index is 825. The van der Waals surface area contributed by atoms with Gasteiger partial charge in [0.2, 0.25) is 5.91 Å². The number of amides is 1. The van der Waals surface area contributed by atoms with Gasteiger partial charge < -0.3 is 9.80 Å². The van der Waals surface area contributed by atoms with E-state index in [1.54, 1.807) is 17.7 Å². The minimum Gasteiger partial charge on any atom is -0.355 e. The lowest BCUT2D eigenvalue weighted by Crippen LogP contribution is -2.51. The lowest BCUT2D eigenvalue weighted by molar-refractivity contribution is -0.136. The van der Waals surface area contributed by atoms with Crippen LogP contribution in [0.5, 0.6) is 0 Å². The maximum absolute atomic E-state index is 12.8. The molecular formula is C21H29N5OS. The van der Waals surface area contributed by atoms with Crippen LogP contribution in [0, 0.1) is 5.92 Å². The number of piperidine rings is 2. The van der Waals surface area contributed by atoms with Crippen LogP contribution >= 0.6 is 11.3 Å². The summed E-state index contributed by atoms with van der Waals surface area (Å²) in [7, 11) is 0. The molecule has 0 spiro atoms. The van der Waals surface area contributed by atoms with Crippen LogP contribution in [0.2, 0.25) is 0 Å². The van der Waals surface area contributed by atoms with Gasteiger partial charge in [-0.3, -0.25) is 9.69 Å². The highest BCUT2D eigenvalue weighted by molar-refractivity contribution is 7.17. The summed E-state index contributed by atoms with van der Waals surface area (Å²) in [5.74, 6) is 1.73. The highest BCUT2D eigenvalue weighted by atomic mass is 32.1. The fourth-order valence-electron chi connectivity index (χ4n) is 5.18. The Morgan fingerprint density at radius 3 is 2.64 bits per heavy atom. The molecule has 6 nitrogen and oxygen atoms in total. The van der Waals surface area contributed by atoms with E-state index in [4.69, 9.17) is 0 Å². The van der Waals surface area contributed by atoms with E-state index in [2.05, 4.69) is 36.1 Å². The predicted octanol–water partition coefficient (Wildman–Crippen LogP) is 2.99. The second-order valence-corrected chi connectivity index (χ2v) is 9.33. The molecule has 2 aromatic rings. The number of likely N-dealkylation sites (tertiary alicyclic amines) is 2. The average molecular weight is 400 g/mol. The summed E-state index contributed by atoms with van der Waals surface area (Å²) in [6.45, 7) is 6.14. The topological polar surface area (TPSA) is 52.6 Å². The fraction of sp³-hybridized carbons (Fsp3) is 0.667. The van der Waals surface area contributed by atoms with Crippen molar-refractivity contribution in [3.63, 3.8) is 0 Å². The molecule has 28 heavy (non-hydrogen) atoms. The Morgan fingerprint density at radius 1 is 1.00 bits per heavy atom. The van der Waals surface area contributed by atoms with Crippen LogP contribution in [-0.4, -0.2) is 71.0 Å². The maximum Gasteiger partial charge on any atom is 0.226 e. The molecule has 0 N–H and O–H groups in total. The van der Waals surface area contributed by atoms with Crippen molar-refractivity contribution < 1.29 is 4.79 Å². The fourth-order valence-corrected chi connectivity index (χ4v) is 6.04. The van der Waals surface area contributed by atoms with Gasteiger partial charge in [0.15, 0.2) is 0 Å². The number of thiophene rings is 1. The number of anilines is 1. The molecule has 7 heteroatoms. The van der Waals surface area contributed by atoms with E-state index in [0.717, 1.165) is 76.3 Å². The van der Waals surface area contributed by atoms with E-state index in [9.17, 15) is 4.79 Å². The summed E-state index contributed by atoms with van der Waals surface area (Å²) in [6, 6.07) is 2.68. The smallest absolute Gasteiger partial charge is 0.226 e. The average Bonchev–Trinajstić information content (AvgIpc) is 3.45. The third-order valence-corrected chi connectivity index (χ3v) is 7.62. The number of aromatic nitrogens is 2. The van der Waals surface area contributed by atoms with Gasteiger partial charge in [-0.15, -0.1) is 11.3 Å². The molecule has 5 heterocycles. The Balaban J connectivity index is 1.20. The highest BCUT2D eigenvalue weighted by Gasteiger charge is 2.34. The Hall–Kier alpha value is -1.73. The van der Waals surface area contributed by atoms with Crippen molar-refractivity contribution >= 4 is 33.3 Å². The van der Waals surface area contributed by atoms with Gasteiger partial charge in [-0.25, -0.2) is 9.97 Å². The number of hydrogen-bond donors (Lipinski definition) is 0. The Labute approximate surface area is 170 Å². The van der Waals surface area contributed by atoms with Crippen molar-refractivity contribution in [3.8, 4) is 0 Å². The predicted molar refractivity (Wildman–Crippen MR) is 113 cm³/mol. The van der Waals surface area contributed by atoms with E-state index < -0.39 is 0 Å². The molecule has 1 amide bonds.